The Kier molecular flexibility index (Phi) is 3.53. The molecule has 0 aliphatic heterocycles. The van der Waals surface area contributed by atoms with Crippen molar-refractivity contribution in [1.29, 1.82) is 0 Å². The third kappa shape index (κ3) is 2.77. The Bertz CT molecular complexity index is 310. The number of aliphatic hydroxyl groups is 1. The van der Waals surface area contributed by atoms with Gasteiger partial charge in [-0.25, -0.2) is 0 Å². The summed E-state index contributed by atoms with van der Waals surface area (Å²) in [7, 11) is 1.27. The number of aromatic nitrogens is 2. The van der Waals surface area contributed by atoms with E-state index >= 15 is 0 Å². The fraction of sp³-hybridized carbons (Fsp3) is 0.444. The molecule has 1 aromatic heterocycles. The Morgan fingerprint density at radius 3 is 2.79 bits per heavy atom. The molecule has 0 fully saturated rings. The second-order valence-corrected chi connectivity index (χ2v) is 2.88. The minimum Gasteiger partial charge on any atom is -0.469 e. The molecule has 1 N–H and O–H groups in total. The molecule has 0 spiro atoms. The van der Waals surface area contributed by atoms with Gasteiger partial charge < -0.3 is 9.84 Å². The van der Waals surface area contributed by atoms with Crippen LogP contribution in [0.5, 0.6) is 0 Å². The third-order valence-electron chi connectivity index (χ3n) is 1.73. The summed E-state index contributed by atoms with van der Waals surface area (Å²) in [6, 6.07) is 0. The fourth-order valence-electron chi connectivity index (χ4n) is 0.920. The minimum absolute atomic E-state index is 0.103. The Morgan fingerprint density at radius 1 is 1.57 bits per heavy atom. The Morgan fingerprint density at radius 2 is 2.29 bits per heavy atom. The van der Waals surface area contributed by atoms with Crippen molar-refractivity contribution in [3.63, 3.8) is 0 Å². The monoisotopic (exact) mass is 196 g/mol. The molecule has 0 saturated carbocycles. The highest BCUT2D eigenvalue weighted by Gasteiger charge is 2.14. The number of hydrogen-bond acceptors (Lipinski definition) is 5. The van der Waals surface area contributed by atoms with Gasteiger partial charge in [0, 0.05) is 6.20 Å². The zero-order valence-corrected chi connectivity index (χ0v) is 8.10. The molecule has 14 heavy (non-hydrogen) atoms. The number of hydrogen-bond donors (Lipinski definition) is 1. The first kappa shape index (κ1) is 10.6. The van der Waals surface area contributed by atoms with E-state index in [1.165, 1.54) is 19.5 Å². The van der Waals surface area contributed by atoms with Crippen molar-refractivity contribution in [2.24, 2.45) is 0 Å². The molecular weight excluding hydrogens is 184 g/mol. The summed E-state index contributed by atoms with van der Waals surface area (Å²) in [5.41, 5.74) is 1.14. The van der Waals surface area contributed by atoms with Gasteiger partial charge in [0.1, 0.15) is 6.10 Å². The van der Waals surface area contributed by atoms with Crippen LogP contribution in [0.2, 0.25) is 0 Å². The average Bonchev–Trinajstić information content (AvgIpc) is 2.18. The fourth-order valence-corrected chi connectivity index (χ4v) is 0.920. The maximum Gasteiger partial charge on any atom is 0.308 e. The van der Waals surface area contributed by atoms with Crippen LogP contribution in [0, 0.1) is 6.92 Å². The molecule has 0 aliphatic carbocycles. The van der Waals surface area contributed by atoms with E-state index in [1.54, 1.807) is 6.92 Å². The number of carbonyl (C=O) groups excluding carboxylic acids is 1. The normalized spacial score (nSPS) is 12.2. The van der Waals surface area contributed by atoms with Crippen molar-refractivity contribution >= 4 is 5.97 Å². The Balaban J connectivity index is 2.65. The summed E-state index contributed by atoms with van der Waals surface area (Å²) < 4.78 is 4.42. The van der Waals surface area contributed by atoms with Crippen LogP contribution in [-0.4, -0.2) is 28.2 Å². The van der Waals surface area contributed by atoms with Crippen LogP contribution in [0.15, 0.2) is 12.4 Å². The summed E-state index contributed by atoms with van der Waals surface area (Å²) >= 11 is 0. The molecule has 0 amide bonds. The van der Waals surface area contributed by atoms with Crippen molar-refractivity contribution in [3.8, 4) is 0 Å². The van der Waals surface area contributed by atoms with Gasteiger partial charge in [-0.3, -0.25) is 14.8 Å². The van der Waals surface area contributed by atoms with Gasteiger partial charge in [0.25, 0.3) is 0 Å². The number of carbonyl (C=O) groups is 1. The molecule has 0 aliphatic rings. The predicted octanol–water partition coefficient (Wildman–Crippen LogP) is 0.382. The van der Waals surface area contributed by atoms with Gasteiger partial charge in [-0.1, -0.05) is 0 Å². The van der Waals surface area contributed by atoms with E-state index < -0.39 is 12.1 Å². The number of esters is 1. The molecule has 0 radical (unpaired) electrons. The summed E-state index contributed by atoms with van der Waals surface area (Å²) in [6.45, 7) is 1.80. The molecule has 5 nitrogen and oxygen atoms in total. The SMILES string of the molecule is COC(=O)C[C@@H](O)c1cnc(C)cn1. The van der Waals surface area contributed by atoms with Gasteiger partial charge in [0.15, 0.2) is 0 Å². The van der Waals surface area contributed by atoms with Crippen LogP contribution in [0.3, 0.4) is 0 Å². The lowest BCUT2D eigenvalue weighted by Gasteiger charge is -2.07. The molecule has 1 rings (SSSR count). The molecule has 5 heteroatoms. The van der Waals surface area contributed by atoms with Crippen LogP contribution in [0.1, 0.15) is 23.9 Å². The van der Waals surface area contributed by atoms with Gasteiger partial charge in [0.2, 0.25) is 0 Å². The second kappa shape index (κ2) is 4.66. The summed E-state index contributed by atoms with van der Waals surface area (Å²) in [5, 5.41) is 9.51. The topological polar surface area (TPSA) is 72.3 Å². The van der Waals surface area contributed by atoms with Crippen molar-refractivity contribution in [2.75, 3.05) is 7.11 Å². The standard InChI is InChI=1S/C9H12N2O3/c1-6-4-11-7(5-10-6)8(12)3-9(13)14-2/h4-5,8,12H,3H2,1-2H3/t8-/m1/s1. The molecule has 1 aromatic rings. The van der Waals surface area contributed by atoms with E-state index in [2.05, 4.69) is 14.7 Å². The van der Waals surface area contributed by atoms with Crippen LogP contribution < -0.4 is 0 Å². The van der Waals surface area contributed by atoms with Crippen LogP contribution in [-0.2, 0) is 9.53 Å². The quantitative estimate of drug-likeness (QED) is 0.707. The van der Waals surface area contributed by atoms with E-state index in [0.717, 1.165) is 5.69 Å². The first-order valence-electron chi connectivity index (χ1n) is 4.17. The number of methoxy groups -OCH3 is 1. The zero-order valence-electron chi connectivity index (χ0n) is 8.10. The summed E-state index contributed by atoms with van der Waals surface area (Å²) in [6.07, 6.45) is 1.93. The average molecular weight is 196 g/mol. The summed E-state index contributed by atoms with van der Waals surface area (Å²) in [4.78, 5) is 18.7. The van der Waals surface area contributed by atoms with Crippen molar-refractivity contribution in [1.82, 2.24) is 9.97 Å². The third-order valence-corrected chi connectivity index (χ3v) is 1.73. The summed E-state index contributed by atoms with van der Waals surface area (Å²) in [5.74, 6) is -0.472. The van der Waals surface area contributed by atoms with Crippen molar-refractivity contribution in [3.05, 3.63) is 23.8 Å². The van der Waals surface area contributed by atoms with E-state index in [0.29, 0.717) is 5.69 Å². The van der Waals surface area contributed by atoms with Crippen molar-refractivity contribution < 1.29 is 14.6 Å². The van der Waals surface area contributed by atoms with E-state index in [9.17, 15) is 9.90 Å². The molecule has 76 valence electrons. The van der Waals surface area contributed by atoms with Crippen LogP contribution in [0.4, 0.5) is 0 Å². The van der Waals surface area contributed by atoms with Crippen molar-refractivity contribution in [2.45, 2.75) is 19.4 Å². The van der Waals surface area contributed by atoms with Gasteiger partial charge in [0.05, 0.1) is 31.1 Å². The highest BCUT2D eigenvalue weighted by molar-refractivity contribution is 5.69. The maximum absolute atomic E-state index is 10.8. The molecule has 1 atom stereocenters. The lowest BCUT2D eigenvalue weighted by atomic mass is 10.2. The molecule has 0 unspecified atom stereocenters. The minimum atomic E-state index is -0.949. The zero-order chi connectivity index (χ0) is 10.6. The highest BCUT2D eigenvalue weighted by Crippen LogP contribution is 2.13. The van der Waals surface area contributed by atoms with Crippen LogP contribution in [0.25, 0.3) is 0 Å². The number of nitrogens with zero attached hydrogens (tertiary/aromatic N) is 2. The largest absolute Gasteiger partial charge is 0.469 e. The lowest BCUT2D eigenvalue weighted by molar-refractivity contribution is -0.142. The molecule has 0 aromatic carbocycles. The van der Waals surface area contributed by atoms with Crippen LogP contribution >= 0.6 is 0 Å². The number of ether oxygens (including phenoxy) is 1. The van der Waals surface area contributed by atoms with Gasteiger partial charge in [-0.15, -0.1) is 0 Å². The van der Waals surface area contributed by atoms with Gasteiger partial charge in [-0.2, -0.15) is 0 Å². The molecule has 0 saturated heterocycles. The molecular formula is C9H12N2O3. The first-order chi connectivity index (χ1) is 6.63. The molecule has 0 bridgehead atoms. The number of rotatable bonds is 3. The predicted molar refractivity (Wildman–Crippen MR) is 48.4 cm³/mol. The Labute approximate surface area is 81.8 Å². The van der Waals surface area contributed by atoms with Gasteiger partial charge >= 0.3 is 5.97 Å². The van der Waals surface area contributed by atoms with E-state index in [1.807, 2.05) is 0 Å². The maximum atomic E-state index is 10.8. The Hall–Kier alpha value is -1.49. The van der Waals surface area contributed by atoms with E-state index in [-0.39, 0.29) is 6.42 Å². The van der Waals surface area contributed by atoms with Gasteiger partial charge in [-0.05, 0) is 6.92 Å². The first-order valence-corrected chi connectivity index (χ1v) is 4.17. The smallest absolute Gasteiger partial charge is 0.308 e. The van der Waals surface area contributed by atoms with E-state index in [4.69, 9.17) is 0 Å². The number of aliphatic hydroxyl groups excluding tert-OH is 1. The lowest BCUT2D eigenvalue weighted by Crippen LogP contribution is -2.09. The second-order valence-electron chi connectivity index (χ2n) is 2.88. The number of aryl methyl sites for hydroxylation is 1. The highest BCUT2D eigenvalue weighted by atomic mass is 16.5. The molecule has 1 heterocycles.